The lowest BCUT2D eigenvalue weighted by molar-refractivity contribution is 0.297. The van der Waals surface area contributed by atoms with Crippen molar-refractivity contribution in [2.45, 2.75) is 13.0 Å². The highest BCUT2D eigenvalue weighted by Gasteiger charge is 2.13. The molecule has 0 aliphatic rings. The molecule has 0 unspecified atom stereocenters. The summed E-state index contributed by atoms with van der Waals surface area (Å²) in [5.41, 5.74) is 8.02. The van der Waals surface area contributed by atoms with Crippen LogP contribution < -0.4 is 10.5 Å². The molecular formula is C16H15ClFN3O. The molecular weight excluding hydrogens is 305 g/mol. The van der Waals surface area contributed by atoms with Crippen molar-refractivity contribution < 1.29 is 9.13 Å². The lowest BCUT2D eigenvalue weighted by Crippen LogP contribution is -2.23. The number of nitrogens with two attached hydrogens (primary N) is 1. The van der Waals surface area contributed by atoms with Crippen molar-refractivity contribution in [3.63, 3.8) is 0 Å². The fourth-order valence-corrected chi connectivity index (χ4v) is 2.40. The number of nitrogens with one attached hydrogen (secondary N) is 1. The van der Waals surface area contributed by atoms with Crippen molar-refractivity contribution in [1.29, 1.82) is 0 Å². The molecule has 114 valence electrons. The molecule has 0 amide bonds. The van der Waals surface area contributed by atoms with E-state index in [9.17, 15) is 4.39 Å². The predicted molar refractivity (Wildman–Crippen MR) is 85.6 cm³/mol. The van der Waals surface area contributed by atoms with Crippen molar-refractivity contribution in [3.8, 4) is 17.0 Å². The van der Waals surface area contributed by atoms with Crippen LogP contribution >= 0.6 is 11.6 Å². The highest BCUT2D eigenvalue weighted by atomic mass is 35.5. The third kappa shape index (κ3) is 2.91. The number of H-pyrrole nitrogens is 1. The summed E-state index contributed by atoms with van der Waals surface area (Å²) in [6.07, 6.45) is 0. The highest BCUT2D eigenvalue weighted by Crippen LogP contribution is 2.34. The molecule has 0 saturated heterocycles. The standard InChI is InChI=1S/C16H15ClFN3O/c1-9(19)8-22-15-6-12-14(7-13(15)17)20-21-16(12)10-2-4-11(18)5-3-10/h2-7,9H,8,19H2,1H3,(H,20,21)/t9-/m0/s1. The predicted octanol–water partition coefficient (Wildman–Crippen LogP) is 3.75. The lowest BCUT2D eigenvalue weighted by atomic mass is 10.1. The molecule has 3 aromatic rings. The van der Waals surface area contributed by atoms with Crippen molar-refractivity contribution >= 4 is 22.5 Å². The summed E-state index contributed by atoms with van der Waals surface area (Å²) in [6.45, 7) is 2.23. The number of hydrogen-bond acceptors (Lipinski definition) is 3. The number of aromatic nitrogens is 2. The van der Waals surface area contributed by atoms with Gasteiger partial charge in [0.25, 0.3) is 0 Å². The van der Waals surface area contributed by atoms with Gasteiger partial charge in [-0.2, -0.15) is 5.10 Å². The fraction of sp³-hybridized carbons (Fsp3) is 0.188. The molecule has 0 bridgehead atoms. The van der Waals surface area contributed by atoms with Crippen LogP contribution in [0.3, 0.4) is 0 Å². The minimum absolute atomic E-state index is 0.0901. The van der Waals surface area contributed by atoms with Crippen LogP contribution in [0, 0.1) is 5.82 Å². The second-order valence-corrected chi connectivity index (χ2v) is 5.60. The Bertz CT molecular complexity index is 799. The van der Waals surface area contributed by atoms with Crippen LogP contribution in [-0.2, 0) is 0 Å². The van der Waals surface area contributed by atoms with Gasteiger partial charge in [0.15, 0.2) is 0 Å². The maximum atomic E-state index is 13.1. The first-order valence-electron chi connectivity index (χ1n) is 6.86. The molecule has 3 N–H and O–H groups in total. The van der Waals surface area contributed by atoms with E-state index in [1.807, 2.05) is 13.0 Å². The van der Waals surface area contributed by atoms with Gasteiger partial charge >= 0.3 is 0 Å². The molecule has 1 aromatic heterocycles. The number of benzene rings is 2. The highest BCUT2D eigenvalue weighted by molar-refractivity contribution is 6.33. The van der Waals surface area contributed by atoms with Gasteiger partial charge in [0, 0.05) is 17.0 Å². The first-order chi connectivity index (χ1) is 10.5. The molecule has 0 aliphatic heterocycles. The zero-order chi connectivity index (χ0) is 15.7. The Morgan fingerprint density at radius 1 is 1.32 bits per heavy atom. The molecule has 6 heteroatoms. The summed E-state index contributed by atoms with van der Waals surface area (Å²) in [7, 11) is 0. The van der Waals surface area contributed by atoms with Gasteiger partial charge in [-0.05, 0) is 43.3 Å². The van der Waals surface area contributed by atoms with E-state index in [1.165, 1.54) is 12.1 Å². The summed E-state index contributed by atoms with van der Waals surface area (Å²) >= 11 is 6.20. The van der Waals surface area contributed by atoms with Gasteiger partial charge < -0.3 is 10.5 Å². The van der Waals surface area contributed by atoms with E-state index in [1.54, 1.807) is 18.2 Å². The van der Waals surface area contributed by atoms with E-state index < -0.39 is 0 Å². The number of ether oxygens (including phenoxy) is 1. The summed E-state index contributed by atoms with van der Waals surface area (Å²) < 4.78 is 18.7. The van der Waals surface area contributed by atoms with Crippen LogP contribution in [0.25, 0.3) is 22.2 Å². The van der Waals surface area contributed by atoms with Crippen LogP contribution in [-0.4, -0.2) is 22.8 Å². The first kappa shape index (κ1) is 14.8. The van der Waals surface area contributed by atoms with E-state index in [0.29, 0.717) is 17.4 Å². The molecule has 1 atom stereocenters. The molecule has 0 fully saturated rings. The monoisotopic (exact) mass is 319 g/mol. The van der Waals surface area contributed by atoms with Crippen LogP contribution in [0.1, 0.15) is 6.92 Å². The first-order valence-corrected chi connectivity index (χ1v) is 7.24. The summed E-state index contributed by atoms with van der Waals surface area (Å²) in [4.78, 5) is 0. The Balaban J connectivity index is 2.05. The zero-order valence-electron chi connectivity index (χ0n) is 11.9. The van der Waals surface area contributed by atoms with E-state index in [-0.39, 0.29) is 11.9 Å². The lowest BCUT2D eigenvalue weighted by Gasteiger charge is -2.10. The normalized spacial score (nSPS) is 12.5. The molecule has 2 aromatic carbocycles. The topological polar surface area (TPSA) is 63.9 Å². The molecule has 0 spiro atoms. The Morgan fingerprint density at radius 3 is 2.73 bits per heavy atom. The van der Waals surface area contributed by atoms with E-state index in [2.05, 4.69) is 10.2 Å². The van der Waals surface area contributed by atoms with Gasteiger partial charge in [-0.25, -0.2) is 4.39 Å². The van der Waals surface area contributed by atoms with Crippen molar-refractivity contribution in [3.05, 3.63) is 47.2 Å². The van der Waals surface area contributed by atoms with Gasteiger partial charge in [-0.15, -0.1) is 0 Å². The van der Waals surface area contributed by atoms with Gasteiger partial charge in [-0.1, -0.05) is 11.6 Å². The third-order valence-corrected chi connectivity index (χ3v) is 3.53. The minimum atomic E-state index is -0.285. The van der Waals surface area contributed by atoms with E-state index in [4.69, 9.17) is 22.1 Å². The molecule has 3 rings (SSSR count). The second-order valence-electron chi connectivity index (χ2n) is 5.20. The SMILES string of the molecule is C[C@H](N)COc1cc2c(-c3ccc(F)cc3)n[nH]c2cc1Cl. The zero-order valence-corrected chi connectivity index (χ0v) is 12.7. The second kappa shape index (κ2) is 5.94. The van der Waals surface area contributed by atoms with Crippen LogP contribution in [0.15, 0.2) is 36.4 Å². The number of hydrogen-bond donors (Lipinski definition) is 2. The van der Waals surface area contributed by atoms with Crippen LogP contribution in [0.2, 0.25) is 5.02 Å². The third-order valence-electron chi connectivity index (χ3n) is 3.23. The average molecular weight is 320 g/mol. The van der Waals surface area contributed by atoms with Crippen molar-refractivity contribution in [1.82, 2.24) is 10.2 Å². The number of fused-ring (bicyclic) bond motifs is 1. The Labute approximate surface area is 132 Å². The van der Waals surface area contributed by atoms with Crippen molar-refractivity contribution in [2.75, 3.05) is 6.61 Å². The van der Waals surface area contributed by atoms with Crippen LogP contribution in [0.5, 0.6) is 5.75 Å². The van der Waals surface area contributed by atoms with Crippen LogP contribution in [0.4, 0.5) is 4.39 Å². The summed E-state index contributed by atoms with van der Waals surface area (Å²) in [6, 6.07) is 9.66. The van der Waals surface area contributed by atoms with Gasteiger partial charge in [0.1, 0.15) is 23.9 Å². The molecule has 1 heterocycles. The number of aromatic amines is 1. The maximum absolute atomic E-state index is 13.1. The largest absolute Gasteiger partial charge is 0.490 e. The smallest absolute Gasteiger partial charge is 0.138 e. The van der Waals surface area contributed by atoms with Gasteiger partial charge in [0.2, 0.25) is 0 Å². The number of nitrogens with zero attached hydrogens (tertiary/aromatic N) is 1. The minimum Gasteiger partial charge on any atom is -0.490 e. The van der Waals surface area contributed by atoms with Crippen molar-refractivity contribution in [2.24, 2.45) is 5.73 Å². The molecule has 4 nitrogen and oxygen atoms in total. The molecule has 0 aliphatic carbocycles. The van der Waals surface area contributed by atoms with E-state index in [0.717, 1.165) is 22.2 Å². The summed E-state index contributed by atoms with van der Waals surface area (Å²) in [5.74, 6) is 0.267. The molecule has 0 radical (unpaired) electrons. The Kier molecular flexibility index (Phi) is 4.00. The quantitative estimate of drug-likeness (QED) is 0.769. The molecule has 0 saturated carbocycles. The average Bonchev–Trinajstić information content (AvgIpc) is 2.88. The Hall–Kier alpha value is -2.11. The Morgan fingerprint density at radius 2 is 2.05 bits per heavy atom. The van der Waals surface area contributed by atoms with Gasteiger partial charge in [-0.3, -0.25) is 5.10 Å². The number of rotatable bonds is 4. The molecule has 22 heavy (non-hydrogen) atoms. The fourth-order valence-electron chi connectivity index (χ4n) is 2.18. The summed E-state index contributed by atoms with van der Waals surface area (Å²) in [5, 5.41) is 8.56. The van der Waals surface area contributed by atoms with E-state index >= 15 is 0 Å². The number of halogens is 2. The maximum Gasteiger partial charge on any atom is 0.138 e. The van der Waals surface area contributed by atoms with Gasteiger partial charge in [0.05, 0.1) is 10.5 Å².